The first-order valence-corrected chi connectivity index (χ1v) is 7.09. The summed E-state index contributed by atoms with van der Waals surface area (Å²) >= 11 is 1.89. The van der Waals surface area contributed by atoms with Crippen LogP contribution in [-0.2, 0) is 11.3 Å². The topological polar surface area (TPSA) is 24.5 Å². The third-order valence-electron chi connectivity index (χ3n) is 3.24. The van der Waals surface area contributed by atoms with Crippen molar-refractivity contribution in [1.82, 2.24) is 10.2 Å². The van der Waals surface area contributed by atoms with Crippen LogP contribution in [0.2, 0.25) is 0 Å². The van der Waals surface area contributed by atoms with E-state index in [1.54, 1.807) is 7.11 Å². The van der Waals surface area contributed by atoms with Crippen molar-refractivity contribution in [2.45, 2.75) is 25.9 Å². The van der Waals surface area contributed by atoms with Crippen molar-refractivity contribution in [2.24, 2.45) is 0 Å². The summed E-state index contributed by atoms with van der Waals surface area (Å²) in [6.07, 6.45) is 1.26. The minimum Gasteiger partial charge on any atom is -0.383 e. The van der Waals surface area contributed by atoms with Gasteiger partial charge in [0.1, 0.15) is 0 Å². The Kier molecular flexibility index (Phi) is 4.98. The molecule has 0 radical (unpaired) electrons. The molecule has 0 saturated carbocycles. The van der Waals surface area contributed by atoms with Crippen LogP contribution in [0.5, 0.6) is 0 Å². The van der Waals surface area contributed by atoms with Crippen molar-refractivity contribution >= 4 is 11.3 Å². The van der Waals surface area contributed by atoms with E-state index >= 15 is 0 Å². The lowest BCUT2D eigenvalue weighted by atomic mass is 10.2. The van der Waals surface area contributed by atoms with Crippen molar-refractivity contribution in [3.63, 3.8) is 0 Å². The molecule has 1 N–H and O–H groups in total. The second kappa shape index (κ2) is 6.50. The van der Waals surface area contributed by atoms with Crippen LogP contribution in [0.1, 0.15) is 16.2 Å². The molecular weight excluding hydrogens is 232 g/mol. The summed E-state index contributed by atoms with van der Waals surface area (Å²) in [6, 6.07) is 5.07. The van der Waals surface area contributed by atoms with Crippen molar-refractivity contribution in [3.8, 4) is 0 Å². The average Bonchev–Trinajstić information content (AvgIpc) is 2.93. The summed E-state index contributed by atoms with van der Waals surface area (Å²) in [5.41, 5.74) is 0. The van der Waals surface area contributed by atoms with Crippen LogP contribution < -0.4 is 5.32 Å². The number of nitrogens with zero attached hydrogens (tertiary/aromatic N) is 1. The van der Waals surface area contributed by atoms with Gasteiger partial charge in [0, 0.05) is 42.5 Å². The smallest absolute Gasteiger partial charge is 0.0589 e. The van der Waals surface area contributed by atoms with Gasteiger partial charge in [-0.25, -0.2) is 0 Å². The summed E-state index contributed by atoms with van der Waals surface area (Å²) in [5, 5.41) is 3.65. The molecule has 0 amide bonds. The SMILES string of the molecule is COCCN1CCC(NCc2ccc(C)s2)C1. The maximum Gasteiger partial charge on any atom is 0.0589 e. The van der Waals surface area contributed by atoms with Crippen molar-refractivity contribution < 1.29 is 4.74 Å². The minimum absolute atomic E-state index is 0.647. The average molecular weight is 254 g/mol. The fourth-order valence-corrected chi connectivity index (χ4v) is 3.09. The Bertz CT molecular complexity index is 340. The predicted molar refractivity (Wildman–Crippen MR) is 72.6 cm³/mol. The lowest BCUT2D eigenvalue weighted by Gasteiger charge is -2.15. The molecule has 17 heavy (non-hydrogen) atoms. The highest BCUT2D eigenvalue weighted by atomic mass is 32.1. The predicted octanol–water partition coefficient (Wildman–Crippen LogP) is 1.87. The zero-order valence-corrected chi connectivity index (χ0v) is 11.6. The Hall–Kier alpha value is -0.420. The van der Waals surface area contributed by atoms with Gasteiger partial charge in [0.2, 0.25) is 0 Å². The number of nitrogens with one attached hydrogen (secondary N) is 1. The van der Waals surface area contributed by atoms with E-state index in [-0.39, 0.29) is 0 Å². The second-order valence-corrected chi connectivity index (χ2v) is 6.04. The van der Waals surface area contributed by atoms with Crippen LogP contribution in [0.15, 0.2) is 12.1 Å². The van der Waals surface area contributed by atoms with Gasteiger partial charge in [0.15, 0.2) is 0 Å². The van der Waals surface area contributed by atoms with Crippen LogP contribution in [0, 0.1) is 6.92 Å². The van der Waals surface area contributed by atoms with Crippen LogP contribution in [0.4, 0.5) is 0 Å². The zero-order chi connectivity index (χ0) is 12.1. The number of ether oxygens (including phenoxy) is 1. The number of methoxy groups -OCH3 is 1. The fourth-order valence-electron chi connectivity index (χ4n) is 2.25. The molecule has 2 rings (SSSR count). The number of likely N-dealkylation sites (tertiary alicyclic amines) is 1. The Morgan fingerprint density at radius 1 is 1.53 bits per heavy atom. The number of aryl methyl sites for hydroxylation is 1. The Morgan fingerprint density at radius 3 is 3.12 bits per heavy atom. The molecule has 0 bridgehead atoms. The standard InChI is InChI=1S/C13H22N2OS/c1-11-3-4-13(17-11)9-14-12-5-6-15(10-12)7-8-16-2/h3-4,12,14H,5-10H2,1-2H3. The van der Waals surface area contributed by atoms with Crippen molar-refractivity contribution in [2.75, 3.05) is 33.4 Å². The maximum absolute atomic E-state index is 5.11. The van der Waals surface area contributed by atoms with Gasteiger partial charge in [-0.3, -0.25) is 4.90 Å². The summed E-state index contributed by atoms with van der Waals surface area (Å²) in [6.45, 7) is 7.44. The monoisotopic (exact) mass is 254 g/mol. The van der Waals surface area contributed by atoms with E-state index < -0.39 is 0 Å². The molecule has 3 nitrogen and oxygen atoms in total. The highest BCUT2D eigenvalue weighted by Gasteiger charge is 2.21. The van der Waals surface area contributed by atoms with Gasteiger partial charge >= 0.3 is 0 Å². The van der Waals surface area contributed by atoms with E-state index in [0.29, 0.717) is 6.04 Å². The highest BCUT2D eigenvalue weighted by Crippen LogP contribution is 2.16. The molecule has 1 saturated heterocycles. The molecule has 2 heterocycles. The normalized spacial score (nSPS) is 21.2. The fraction of sp³-hybridized carbons (Fsp3) is 0.692. The third kappa shape index (κ3) is 4.07. The molecule has 1 aliphatic heterocycles. The van der Waals surface area contributed by atoms with Gasteiger partial charge in [0.25, 0.3) is 0 Å². The summed E-state index contributed by atoms with van der Waals surface area (Å²) in [7, 11) is 1.77. The number of hydrogen-bond acceptors (Lipinski definition) is 4. The van der Waals surface area contributed by atoms with Crippen LogP contribution in [-0.4, -0.2) is 44.3 Å². The first-order chi connectivity index (χ1) is 8.28. The highest BCUT2D eigenvalue weighted by molar-refractivity contribution is 7.11. The van der Waals surface area contributed by atoms with Gasteiger partial charge in [-0.1, -0.05) is 0 Å². The quantitative estimate of drug-likeness (QED) is 0.839. The molecule has 4 heteroatoms. The zero-order valence-electron chi connectivity index (χ0n) is 10.7. The molecule has 1 aliphatic rings. The van der Waals surface area contributed by atoms with E-state index in [1.165, 1.54) is 22.7 Å². The van der Waals surface area contributed by atoms with Gasteiger partial charge in [-0.2, -0.15) is 0 Å². The number of hydrogen-bond donors (Lipinski definition) is 1. The molecular formula is C13H22N2OS. The molecule has 1 fully saturated rings. The number of rotatable bonds is 6. The Labute approximate surface area is 108 Å². The molecule has 0 spiro atoms. The lowest BCUT2D eigenvalue weighted by molar-refractivity contribution is 0.159. The van der Waals surface area contributed by atoms with E-state index in [0.717, 1.165) is 26.2 Å². The summed E-state index contributed by atoms with van der Waals surface area (Å²) in [5.74, 6) is 0. The van der Waals surface area contributed by atoms with Crippen LogP contribution >= 0.6 is 11.3 Å². The second-order valence-electron chi connectivity index (χ2n) is 4.67. The Balaban J connectivity index is 1.67. The largest absolute Gasteiger partial charge is 0.383 e. The Morgan fingerprint density at radius 2 is 2.41 bits per heavy atom. The van der Waals surface area contributed by atoms with Crippen LogP contribution in [0.25, 0.3) is 0 Å². The first-order valence-electron chi connectivity index (χ1n) is 6.28. The summed E-state index contributed by atoms with van der Waals surface area (Å²) in [4.78, 5) is 5.31. The molecule has 1 atom stereocenters. The van der Waals surface area contributed by atoms with Gasteiger partial charge < -0.3 is 10.1 Å². The molecule has 96 valence electrons. The lowest BCUT2D eigenvalue weighted by Crippen LogP contribution is -2.33. The molecule has 1 unspecified atom stereocenters. The summed E-state index contributed by atoms with van der Waals surface area (Å²) < 4.78 is 5.11. The number of thiophene rings is 1. The molecule has 0 aromatic carbocycles. The minimum atomic E-state index is 0.647. The van der Waals surface area contributed by atoms with E-state index in [1.807, 2.05) is 11.3 Å². The van der Waals surface area contributed by atoms with Crippen LogP contribution in [0.3, 0.4) is 0 Å². The van der Waals surface area contributed by atoms with E-state index in [4.69, 9.17) is 4.74 Å². The third-order valence-corrected chi connectivity index (χ3v) is 4.25. The molecule has 1 aromatic heterocycles. The molecule has 1 aromatic rings. The first kappa shape index (κ1) is 13.0. The van der Waals surface area contributed by atoms with Crippen molar-refractivity contribution in [1.29, 1.82) is 0 Å². The van der Waals surface area contributed by atoms with E-state index in [9.17, 15) is 0 Å². The van der Waals surface area contributed by atoms with E-state index in [2.05, 4.69) is 29.3 Å². The maximum atomic E-state index is 5.11. The van der Waals surface area contributed by atoms with Gasteiger partial charge in [-0.05, 0) is 32.0 Å². The van der Waals surface area contributed by atoms with Gasteiger partial charge in [0.05, 0.1) is 6.61 Å². The van der Waals surface area contributed by atoms with Crippen molar-refractivity contribution in [3.05, 3.63) is 21.9 Å². The molecule has 0 aliphatic carbocycles. The van der Waals surface area contributed by atoms with Gasteiger partial charge in [-0.15, -0.1) is 11.3 Å².